The predicted octanol–water partition coefficient (Wildman–Crippen LogP) is 2.64. The number of hydrogen-bond donors (Lipinski definition) is 2. The molecule has 0 amide bonds. The van der Waals surface area contributed by atoms with Crippen LogP contribution in [0.2, 0.25) is 0 Å². The highest BCUT2D eigenvalue weighted by Crippen LogP contribution is 2.33. The Morgan fingerprint density at radius 2 is 2.29 bits per heavy atom. The minimum atomic E-state index is -0.168. The molecule has 17 heavy (non-hydrogen) atoms. The molecule has 1 aromatic rings. The van der Waals surface area contributed by atoms with E-state index in [0.29, 0.717) is 5.92 Å². The third-order valence-corrected chi connectivity index (χ3v) is 3.86. The molecule has 2 nitrogen and oxygen atoms in total. The van der Waals surface area contributed by atoms with Crippen LogP contribution in [0.4, 0.5) is 4.39 Å². The van der Waals surface area contributed by atoms with E-state index >= 15 is 0 Å². The first-order chi connectivity index (χ1) is 8.19. The van der Waals surface area contributed by atoms with Crippen molar-refractivity contribution in [3.63, 3.8) is 0 Å². The van der Waals surface area contributed by atoms with Crippen molar-refractivity contribution in [1.82, 2.24) is 5.43 Å². The molecule has 3 atom stereocenters. The lowest BCUT2D eigenvalue weighted by Crippen LogP contribution is -2.41. The number of halogens is 1. The second kappa shape index (κ2) is 5.61. The fourth-order valence-corrected chi connectivity index (χ4v) is 2.90. The number of rotatable bonds is 4. The maximum absolute atomic E-state index is 13.1. The molecule has 0 aromatic heterocycles. The van der Waals surface area contributed by atoms with Gasteiger partial charge in [-0.3, -0.25) is 11.3 Å². The fraction of sp³-hybridized carbons (Fsp3) is 0.571. The van der Waals surface area contributed by atoms with E-state index in [1.165, 1.54) is 25.3 Å². The first-order valence-corrected chi connectivity index (χ1v) is 6.39. The van der Waals surface area contributed by atoms with Crippen molar-refractivity contribution in [2.45, 2.75) is 38.6 Å². The number of hydrazine groups is 1. The standard InChI is InChI=1S/C14H21FN2/c1-10-5-6-12(7-10)14(17-16)9-11-3-2-4-13(15)8-11/h2-4,8,10,12,14,17H,5-7,9,16H2,1H3. The van der Waals surface area contributed by atoms with E-state index in [2.05, 4.69) is 12.3 Å². The summed E-state index contributed by atoms with van der Waals surface area (Å²) < 4.78 is 13.1. The molecule has 3 N–H and O–H groups in total. The van der Waals surface area contributed by atoms with Gasteiger partial charge in [-0.25, -0.2) is 4.39 Å². The summed E-state index contributed by atoms with van der Waals surface area (Å²) in [6.45, 7) is 2.29. The fourth-order valence-electron chi connectivity index (χ4n) is 2.90. The van der Waals surface area contributed by atoms with E-state index in [4.69, 9.17) is 5.84 Å². The number of nitrogens with one attached hydrogen (secondary N) is 1. The van der Waals surface area contributed by atoms with Crippen molar-refractivity contribution in [2.24, 2.45) is 17.7 Å². The largest absolute Gasteiger partial charge is 0.271 e. The zero-order valence-corrected chi connectivity index (χ0v) is 10.3. The van der Waals surface area contributed by atoms with Gasteiger partial charge in [0.15, 0.2) is 0 Å². The molecule has 1 fully saturated rings. The summed E-state index contributed by atoms with van der Waals surface area (Å²) in [5, 5.41) is 0. The van der Waals surface area contributed by atoms with Crippen molar-refractivity contribution < 1.29 is 4.39 Å². The van der Waals surface area contributed by atoms with E-state index in [1.807, 2.05) is 6.07 Å². The van der Waals surface area contributed by atoms with Crippen LogP contribution < -0.4 is 11.3 Å². The van der Waals surface area contributed by atoms with Crippen LogP contribution in [0.5, 0.6) is 0 Å². The highest BCUT2D eigenvalue weighted by atomic mass is 19.1. The lowest BCUT2D eigenvalue weighted by Gasteiger charge is -2.23. The quantitative estimate of drug-likeness (QED) is 0.623. The zero-order valence-electron chi connectivity index (χ0n) is 10.3. The Kier molecular flexibility index (Phi) is 4.13. The zero-order chi connectivity index (χ0) is 12.3. The van der Waals surface area contributed by atoms with Crippen molar-refractivity contribution in [1.29, 1.82) is 0 Å². The second-order valence-corrected chi connectivity index (χ2v) is 5.29. The van der Waals surface area contributed by atoms with Crippen LogP contribution in [0.3, 0.4) is 0 Å². The maximum Gasteiger partial charge on any atom is 0.123 e. The lowest BCUT2D eigenvalue weighted by atomic mass is 9.92. The first-order valence-electron chi connectivity index (χ1n) is 6.39. The van der Waals surface area contributed by atoms with Crippen molar-refractivity contribution in [2.75, 3.05) is 0 Å². The van der Waals surface area contributed by atoms with E-state index in [9.17, 15) is 4.39 Å². The molecule has 1 aliphatic carbocycles. The summed E-state index contributed by atoms with van der Waals surface area (Å²) in [6.07, 6.45) is 4.55. The van der Waals surface area contributed by atoms with Crippen molar-refractivity contribution in [3.05, 3.63) is 35.6 Å². The van der Waals surface area contributed by atoms with Gasteiger partial charge in [-0.1, -0.05) is 25.5 Å². The maximum atomic E-state index is 13.1. The smallest absolute Gasteiger partial charge is 0.123 e. The Balaban J connectivity index is 2.00. The van der Waals surface area contributed by atoms with Gasteiger partial charge in [-0.15, -0.1) is 0 Å². The summed E-state index contributed by atoms with van der Waals surface area (Å²) in [5.74, 6) is 6.89. The minimum Gasteiger partial charge on any atom is -0.271 e. The van der Waals surface area contributed by atoms with Gasteiger partial charge in [0.05, 0.1) is 0 Å². The average molecular weight is 236 g/mol. The molecule has 1 aliphatic rings. The van der Waals surface area contributed by atoms with Gasteiger partial charge in [0.1, 0.15) is 5.82 Å². The minimum absolute atomic E-state index is 0.168. The highest BCUT2D eigenvalue weighted by molar-refractivity contribution is 5.17. The molecule has 0 aliphatic heterocycles. The van der Waals surface area contributed by atoms with Gasteiger partial charge in [0, 0.05) is 6.04 Å². The van der Waals surface area contributed by atoms with Crippen LogP contribution >= 0.6 is 0 Å². The SMILES string of the molecule is CC1CCC(C(Cc2cccc(F)c2)NN)C1. The third-order valence-electron chi connectivity index (χ3n) is 3.86. The predicted molar refractivity (Wildman–Crippen MR) is 67.7 cm³/mol. The molecule has 0 saturated heterocycles. The average Bonchev–Trinajstić information content (AvgIpc) is 2.73. The number of hydrogen-bond acceptors (Lipinski definition) is 2. The third kappa shape index (κ3) is 3.27. The number of nitrogens with two attached hydrogens (primary N) is 1. The van der Waals surface area contributed by atoms with E-state index in [0.717, 1.165) is 17.9 Å². The lowest BCUT2D eigenvalue weighted by molar-refractivity contribution is 0.352. The summed E-state index contributed by atoms with van der Waals surface area (Å²) in [5.41, 5.74) is 3.93. The molecule has 1 aromatic carbocycles. The van der Waals surface area contributed by atoms with Crippen LogP contribution in [-0.4, -0.2) is 6.04 Å². The van der Waals surface area contributed by atoms with E-state index in [-0.39, 0.29) is 11.9 Å². The van der Waals surface area contributed by atoms with Crippen molar-refractivity contribution >= 4 is 0 Å². The van der Waals surface area contributed by atoms with Crippen LogP contribution in [-0.2, 0) is 6.42 Å². The second-order valence-electron chi connectivity index (χ2n) is 5.29. The molecule has 0 spiro atoms. The molecule has 0 heterocycles. The summed E-state index contributed by atoms with van der Waals surface area (Å²) in [4.78, 5) is 0. The Morgan fingerprint density at radius 1 is 1.47 bits per heavy atom. The van der Waals surface area contributed by atoms with Gasteiger partial charge < -0.3 is 0 Å². The molecule has 1 saturated carbocycles. The van der Waals surface area contributed by atoms with Gasteiger partial charge in [-0.2, -0.15) is 0 Å². The topological polar surface area (TPSA) is 38.0 Å². The van der Waals surface area contributed by atoms with Gasteiger partial charge in [0.2, 0.25) is 0 Å². The van der Waals surface area contributed by atoms with Gasteiger partial charge in [-0.05, 0) is 48.8 Å². The summed E-state index contributed by atoms with van der Waals surface area (Å²) in [6, 6.07) is 7.07. The van der Waals surface area contributed by atoms with Crippen LogP contribution in [0.15, 0.2) is 24.3 Å². The molecule has 2 rings (SSSR count). The summed E-state index contributed by atoms with van der Waals surface area (Å²) in [7, 11) is 0. The van der Waals surface area contributed by atoms with Crippen LogP contribution in [0.1, 0.15) is 31.7 Å². The molecular formula is C14H21FN2. The number of benzene rings is 1. The monoisotopic (exact) mass is 236 g/mol. The first kappa shape index (κ1) is 12.5. The molecule has 94 valence electrons. The highest BCUT2D eigenvalue weighted by Gasteiger charge is 2.28. The Hall–Kier alpha value is -0.930. The van der Waals surface area contributed by atoms with Crippen LogP contribution in [0.25, 0.3) is 0 Å². The molecule has 0 radical (unpaired) electrons. The molecular weight excluding hydrogens is 215 g/mol. The normalized spacial score (nSPS) is 26.1. The summed E-state index contributed by atoms with van der Waals surface area (Å²) >= 11 is 0. The van der Waals surface area contributed by atoms with E-state index < -0.39 is 0 Å². The van der Waals surface area contributed by atoms with Crippen molar-refractivity contribution in [3.8, 4) is 0 Å². The molecule has 0 bridgehead atoms. The van der Waals surface area contributed by atoms with Gasteiger partial charge >= 0.3 is 0 Å². The molecule has 3 unspecified atom stereocenters. The Morgan fingerprint density at radius 3 is 2.88 bits per heavy atom. The van der Waals surface area contributed by atoms with Crippen LogP contribution in [0, 0.1) is 17.7 Å². The molecule has 3 heteroatoms. The van der Waals surface area contributed by atoms with E-state index in [1.54, 1.807) is 12.1 Å². The van der Waals surface area contributed by atoms with Gasteiger partial charge in [0.25, 0.3) is 0 Å². The Labute approximate surface area is 102 Å². The Bertz CT molecular complexity index is 367.